The predicted molar refractivity (Wildman–Crippen MR) is 74.1 cm³/mol. The molecule has 1 aromatic carbocycles. The smallest absolute Gasteiger partial charge is 0.0845 e. The SMILES string of the molecule is Cc1cncc(C(O)Cc2cccc(Cl)c2Cl)c1. The van der Waals surface area contributed by atoms with Crippen LogP contribution in [0, 0.1) is 6.92 Å². The highest BCUT2D eigenvalue weighted by Crippen LogP contribution is 2.29. The van der Waals surface area contributed by atoms with E-state index in [-0.39, 0.29) is 0 Å². The lowest BCUT2D eigenvalue weighted by atomic mass is 10.0. The summed E-state index contributed by atoms with van der Waals surface area (Å²) in [5.74, 6) is 0. The second-order valence-corrected chi connectivity index (χ2v) is 5.01. The molecule has 4 heteroatoms. The summed E-state index contributed by atoms with van der Waals surface area (Å²) in [4.78, 5) is 4.07. The molecule has 0 aliphatic rings. The summed E-state index contributed by atoms with van der Waals surface area (Å²) in [5, 5.41) is 11.2. The van der Waals surface area contributed by atoms with Crippen LogP contribution in [0.5, 0.6) is 0 Å². The number of hydrogen-bond acceptors (Lipinski definition) is 2. The average molecular weight is 282 g/mol. The molecule has 1 unspecified atom stereocenters. The van der Waals surface area contributed by atoms with Gasteiger partial charge in [-0.3, -0.25) is 4.98 Å². The second kappa shape index (κ2) is 5.70. The van der Waals surface area contributed by atoms with Crippen LogP contribution in [0.2, 0.25) is 10.0 Å². The number of hydrogen-bond donors (Lipinski definition) is 1. The van der Waals surface area contributed by atoms with E-state index in [2.05, 4.69) is 4.98 Å². The molecule has 0 spiro atoms. The van der Waals surface area contributed by atoms with Crippen molar-refractivity contribution in [2.24, 2.45) is 0 Å². The van der Waals surface area contributed by atoms with E-state index in [9.17, 15) is 5.11 Å². The first-order valence-corrected chi connectivity index (χ1v) is 6.36. The van der Waals surface area contributed by atoms with E-state index in [0.29, 0.717) is 16.5 Å². The molecule has 18 heavy (non-hydrogen) atoms. The van der Waals surface area contributed by atoms with Gasteiger partial charge in [-0.2, -0.15) is 0 Å². The number of pyridine rings is 1. The minimum absolute atomic E-state index is 0.421. The highest BCUT2D eigenvalue weighted by atomic mass is 35.5. The van der Waals surface area contributed by atoms with E-state index in [4.69, 9.17) is 23.2 Å². The van der Waals surface area contributed by atoms with Crippen LogP contribution in [0.15, 0.2) is 36.7 Å². The Morgan fingerprint density at radius 3 is 2.78 bits per heavy atom. The molecule has 0 radical (unpaired) electrons. The van der Waals surface area contributed by atoms with Crippen molar-refractivity contribution in [3.63, 3.8) is 0 Å². The minimum atomic E-state index is -0.631. The number of nitrogens with zero attached hydrogens (tertiary/aromatic N) is 1. The van der Waals surface area contributed by atoms with Gasteiger partial charge in [0, 0.05) is 18.8 Å². The first-order chi connectivity index (χ1) is 8.58. The van der Waals surface area contributed by atoms with E-state index >= 15 is 0 Å². The van der Waals surface area contributed by atoms with E-state index in [1.165, 1.54) is 0 Å². The molecule has 2 nitrogen and oxygen atoms in total. The van der Waals surface area contributed by atoms with Gasteiger partial charge in [0.15, 0.2) is 0 Å². The van der Waals surface area contributed by atoms with E-state index in [1.54, 1.807) is 18.5 Å². The van der Waals surface area contributed by atoms with Gasteiger partial charge in [0.25, 0.3) is 0 Å². The monoisotopic (exact) mass is 281 g/mol. The Balaban J connectivity index is 2.21. The quantitative estimate of drug-likeness (QED) is 0.923. The molecular weight excluding hydrogens is 269 g/mol. The van der Waals surface area contributed by atoms with Crippen molar-refractivity contribution >= 4 is 23.2 Å². The van der Waals surface area contributed by atoms with Gasteiger partial charge in [-0.05, 0) is 29.7 Å². The van der Waals surface area contributed by atoms with Gasteiger partial charge in [0.1, 0.15) is 0 Å². The van der Waals surface area contributed by atoms with Gasteiger partial charge in [-0.25, -0.2) is 0 Å². The molecule has 0 saturated carbocycles. The fraction of sp³-hybridized carbons (Fsp3) is 0.214. The van der Waals surface area contributed by atoms with Gasteiger partial charge in [-0.15, -0.1) is 0 Å². The second-order valence-electron chi connectivity index (χ2n) is 4.23. The first-order valence-electron chi connectivity index (χ1n) is 5.60. The Kier molecular flexibility index (Phi) is 4.23. The molecule has 0 saturated heterocycles. The van der Waals surface area contributed by atoms with Crippen LogP contribution in [0.1, 0.15) is 22.8 Å². The fourth-order valence-corrected chi connectivity index (χ4v) is 2.19. The molecule has 1 heterocycles. The molecule has 0 bridgehead atoms. The van der Waals surface area contributed by atoms with Crippen LogP contribution in [0.4, 0.5) is 0 Å². The zero-order valence-electron chi connectivity index (χ0n) is 9.90. The van der Waals surface area contributed by atoms with Gasteiger partial charge in [-0.1, -0.05) is 41.4 Å². The van der Waals surface area contributed by atoms with Crippen molar-refractivity contribution in [2.75, 3.05) is 0 Å². The van der Waals surface area contributed by atoms with E-state index in [0.717, 1.165) is 16.7 Å². The van der Waals surface area contributed by atoms with E-state index in [1.807, 2.05) is 25.1 Å². The van der Waals surface area contributed by atoms with E-state index < -0.39 is 6.10 Å². The van der Waals surface area contributed by atoms with Gasteiger partial charge < -0.3 is 5.11 Å². The number of benzene rings is 1. The molecule has 0 aliphatic heterocycles. The van der Waals surface area contributed by atoms with Crippen molar-refractivity contribution in [1.82, 2.24) is 4.98 Å². The predicted octanol–water partition coefficient (Wildman–Crippen LogP) is 3.97. The van der Waals surface area contributed by atoms with Gasteiger partial charge >= 0.3 is 0 Å². The van der Waals surface area contributed by atoms with Crippen molar-refractivity contribution in [1.29, 1.82) is 0 Å². The highest BCUT2D eigenvalue weighted by Gasteiger charge is 2.12. The number of aryl methyl sites for hydroxylation is 1. The summed E-state index contributed by atoms with van der Waals surface area (Å²) in [6.07, 6.45) is 3.21. The molecule has 2 aromatic rings. The normalized spacial score (nSPS) is 12.4. The third kappa shape index (κ3) is 3.02. The Hall–Kier alpha value is -1.09. The lowest BCUT2D eigenvalue weighted by Gasteiger charge is -2.12. The summed E-state index contributed by atoms with van der Waals surface area (Å²) in [7, 11) is 0. The summed E-state index contributed by atoms with van der Waals surface area (Å²) >= 11 is 12.0. The molecule has 2 rings (SSSR count). The van der Waals surface area contributed by atoms with Crippen LogP contribution in [0.3, 0.4) is 0 Å². The summed E-state index contributed by atoms with van der Waals surface area (Å²) in [6.45, 7) is 1.94. The lowest BCUT2D eigenvalue weighted by Crippen LogP contribution is -2.03. The number of halogens is 2. The number of aliphatic hydroxyl groups is 1. The molecular formula is C14H13Cl2NO. The lowest BCUT2D eigenvalue weighted by molar-refractivity contribution is 0.178. The Labute approximate surface area is 116 Å². The maximum absolute atomic E-state index is 10.2. The fourth-order valence-electron chi connectivity index (χ4n) is 1.79. The third-order valence-electron chi connectivity index (χ3n) is 2.73. The maximum Gasteiger partial charge on any atom is 0.0845 e. The van der Waals surface area contributed by atoms with Crippen LogP contribution < -0.4 is 0 Å². The molecule has 0 fully saturated rings. The van der Waals surface area contributed by atoms with Gasteiger partial charge in [0.05, 0.1) is 16.1 Å². The Morgan fingerprint density at radius 1 is 1.28 bits per heavy atom. The van der Waals surface area contributed by atoms with Crippen molar-refractivity contribution in [3.05, 3.63) is 63.4 Å². The first kappa shape index (κ1) is 13.3. The molecule has 94 valence electrons. The van der Waals surface area contributed by atoms with Crippen molar-refractivity contribution < 1.29 is 5.11 Å². The van der Waals surface area contributed by atoms with Crippen LogP contribution >= 0.6 is 23.2 Å². The average Bonchev–Trinajstić information content (AvgIpc) is 2.35. The summed E-state index contributed by atoms with van der Waals surface area (Å²) in [6, 6.07) is 7.33. The van der Waals surface area contributed by atoms with Crippen molar-refractivity contribution in [3.8, 4) is 0 Å². The molecule has 1 atom stereocenters. The largest absolute Gasteiger partial charge is 0.388 e. The Bertz CT molecular complexity index is 557. The molecule has 0 aliphatic carbocycles. The number of rotatable bonds is 3. The molecule has 0 amide bonds. The van der Waals surface area contributed by atoms with Crippen molar-refractivity contribution in [2.45, 2.75) is 19.4 Å². The Morgan fingerprint density at radius 2 is 2.06 bits per heavy atom. The molecule has 1 N–H and O–H groups in total. The maximum atomic E-state index is 10.2. The van der Waals surface area contributed by atoms with Crippen LogP contribution in [0.25, 0.3) is 0 Å². The van der Waals surface area contributed by atoms with Crippen LogP contribution in [-0.4, -0.2) is 10.1 Å². The van der Waals surface area contributed by atoms with Gasteiger partial charge in [0.2, 0.25) is 0 Å². The highest BCUT2D eigenvalue weighted by molar-refractivity contribution is 6.42. The minimum Gasteiger partial charge on any atom is -0.388 e. The standard InChI is InChI=1S/C14H13Cl2NO/c1-9-5-11(8-17-7-9)13(18)6-10-3-2-4-12(15)14(10)16/h2-5,7-8,13,18H,6H2,1H3. The van der Waals surface area contributed by atoms with Crippen LogP contribution in [-0.2, 0) is 6.42 Å². The zero-order valence-corrected chi connectivity index (χ0v) is 11.4. The summed E-state index contributed by atoms with van der Waals surface area (Å²) in [5.41, 5.74) is 2.63. The topological polar surface area (TPSA) is 33.1 Å². The zero-order chi connectivity index (χ0) is 13.1. The number of aliphatic hydroxyl groups excluding tert-OH is 1. The number of aromatic nitrogens is 1. The molecule has 1 aromatic heterocycles. The third-order valence-corrected chi connectivity index (χ3v) is 3.58. The summed E-state index contributed by atoms with van der Waals surface area (Å²) < 4.78 is 0.